The van der Waals surface area contributed by atoms with Crippen molar-refractivity contribution in [1.82, 2.24) is 24.6 Å². The van der Waals surface area contributed by atoms with Gasteiger partial charge in [0, 0.05) is 26.1 Å². The molecule has 1 amide bonds. The lowest BCUT2D eigenvalue weighted by Crippen LogP contribution is -2.40. The van der Waals surface area contributed by atoms with Crippen LogP contribution < -0.4 is 0 Å². The third kappa shape index (κ3) is 4.51. The van der Waals surface area contributed by atoms with Crippen LogP contribution in [0.15, 0.2) is 0 Å². The Bertz CT molecular complexity index is 569. The maximum atomic E-state index is 12.5. The molecular formula is C17H29N5OS. The summed E-state index contributed by atoms with van der Waals surface area (Å²) < 4.78 is 2.11. The van der Waals surface area contributed by atoms with Crippen LogP contribution in [0.3, 0.4) is 0 Å². The molecule has 2 aliphatic rings. The lowest BCUT2D eigenvalue weighted by atomic mass is 9.97. The first-order valence-corrected chi connectivity index (χ1v) is 10.1. The van der Waals surface area contributed by atoms with Crippen molar-refractivity contribution >= 4 is 17.7 Å². The molecule has 1 aliphatic heterocycles. The van der Waals surface area contributed by atoms with E-state index in [1.54, 1.807) is 11.8 Å². The van der Waals surface area contributed by atoms with Gasteiger partial charge in [-0.3, -0.25) is 4.79 Å². The number of thioether (sulfide) groups is 1. The van der Waals surface area contributed by atoms with Crippen molar-refractivity contribution in [2.75, 3.05) is 38.7 Å². The van der Waals surface area contributed by atoms with Crippen LogP contribution in [0.4, 0.5) is 0 Å². The van der Waals surface area contributed by atoms with Gasteiger partial charge in [0.25, 0.3) is 0 Å². The molecule has 0 N–H and O–H groups in total. The second kappa shape index (κ2) is 7.87. The molecule has 0 aromatic carbocycles. The van der Waals surface area contributed by atoms with Crippen molar-refractivity contribution in [2.24, 2.45) is 13.0 Å². The van der Waals surface area contributed by atoms with E-state index in [4.69, 9.17) is 0 Å². The summed E-state index contributed by atoms with van der Waals surface area (Å²) in [6.07, 6.45) is 4.86. The van der Waals surface area contributed by atoms with Gasteiger partial charge in [-0.05, 0) is 51.4 Å². The number of amides is 1. The molecule has 2 fully saturated rings. The number of carbonyl (C=O) groups is 1. The molecular weight excluding hydrogens is 322 g/mol. The molecule has 3 rings (SSSR count). The van der Waals surface area contributed by atoms with Gasteiger partial charge >= 0.3 is 0 Å². The van der Waals surface area contributed by atoms with E-state index in [2.05, 4.69) is 19.7 Å². The average Bonchev–Trinajstić information content (AvgIpc) is 3.31. The van der Waals surface area contributed by atoms with Gasteiger partial charge in [-0.25, -0.2) is 0 Å². The standard InChI is InChI=1S/C17H29N5OS/c1-20(2)10-15-18-19-17(21(15)3)14-5-4-8-22(9-14)16(23)12-24-11-13-6-7-13/h13-14H,4-12H2,1-3H3/t14-/m1/s1. The van der Waals surface area contributed by atoms with Gasteiger partial charge in [0.2, 0.25) is 5.91 Å². The normalized spacial score (nSPS) is 21.5. The number of nitrogens with zero attached hydrogens (tertiary/aromatic N) is 5. The Balaban J connectivity index is 1.56. The fourth-order valence-electron chi connectivity index (χ4n) is 3.25. The Kier molecular flexibility index (Phi) is 5.81. The maximum Gasteiger partial charge on any atom is 0.232 e. The third-order valence-electron chi connectivity index (χ3n) is 4.87. The average molecular weight is 352 g/mol. The van der Waals surface area contributed by atoms with Crippen LogP contribution in [0.1, 0.15) is 43.3 Å². The highest BCUT2D eigenvalue weighted by Gasteiger charge is 2.29. The highest BCUT2D eigenvalue weighted by Crippen LogP contribution is 2.32. The van der Waals surface area contributed by atoms with Crippen LogP contribution in [0, 0.1) is 5.92 Å². The van der Waals surface area contributed by atoms with E-state index >= 15 is 0 Å². The van der Waals surface area contributed by atoms with Gasteiger partial charge in [-0.2, -0.15) is 11.8 Å². The van der Waals surface area contributed by atoms with Gasteiger partial charge in [-0.1, -0.05) is 0 Å². The summed E-state index contributed by atoms with van der Waals surface area (Å²) in [5.41, 5.74) is 0. The topological polar surface area (TPSA) is 54.3 Å². The van der Waals surface area contributed by atoms with E-state index in [0.29, 0.717) is 17.6 Å². The first kappa shape index (κ1) is 17.7. The Labute approximate surface area is 149 Å². The summed E-state index contributed by atoms with van der Waals surface area (Å²) in [6, 6.07) is 0. The molecule has 24 heavy (non-hydrogen) atoms. The van der Waals surface area contributed by atoms with E-state index in [9.17, 15) is 4.79 Å². The Hall–Kier alpha value is -1.08. The minimum absolute atomic E-state index is 0.293. The van der Waals surface area contributed by atoms with Crippen LogP contribution >= 0.6 is 11.8 Å². The zero-order valence-electron chi connectivity index (χ0n) is 15.1. The van der Waals surface area contributed by atoms with Crippen LogP contribution in [0.25, 0.3) is 0 Å². The molecule has 1 aromatic heterocycles. The lowest BCUT2D eigenvalue weighted by molar-refractivity contribution is -0.129. The fourth-order valence-corrected chi connectivity index (χ4v) is 4.40. The van der Waals surface area contributed by atoms with E-state index < -0.39 is 0 Å². The summed E-state index contributed by atoms with van der Waals surface area (Å²) in [6.45, 7) is 2.47. The Morgan fingerprint density at radius 2 is 2.08 bits per heavy atom. The number of likely N-dealkylation sites (tertiary alicyclic amines) is 1. The van der Waals surface area contributed by atoms with Gasteiger partial charge in [0.1, 0.15) is 11.6 Å². The van der Waals surface area contributed by atoms with Crippen LogP contribution in [-0.4, -0.2) is 69.2 Å². The van der Waals surface area contributed by atoms with Gasteiger partial charge in [-0.15, -0.1) is 10.2 Å². The molecule has 1 aliphatic carbocycles. The largest absolute Gasteiger partial charge is 0.341 e. The van der Waals surface area contributed by atoms with Crippen molar-refractivity contribution in [3.8, 4) is 0 Å². The summed E-state index contributed by atoms with van der Waals surface area (Å²) in [5.74, 6) is 5.28. The molecule has 2 heterocycles. The number of aromatic nitrogens is 3. The number of rotatable bonds is 7. The zero-order chi connectivity index (χ0) is 17.1. The van der Waals surface area contributed by atoms with Gasteiger partial charge in [0.05, 0.1) is 12.3 Å². The summed E-state index contributed by atoms with van der Waals surface area (Å²) in [4.78, 5) is 16.6. The second-order valence-electron chi connectivity index (χ2n) is 7.41. The SMILES string of the molecule is CN(C)Cc1nnc([C@@H]2CCCN(C(=O)CSCC3CC3)C2)n1C. The van der Waals surface area contributed by atoms with Crippen molar-refractivity contribution < 1.29 is 4.79 Å². The molecule has 0 unspecified atom stereocenters. The Morgan fingerprint density at radius 1 is 1.29 bits per heavy atom. The summed E-state index contributed by atoms with van der Waals surface area (Å²) in [7, 11) is 6.11. The number of hydrogen-bond acceptors (Lipinski definition) is 5. The van der Waals surface area contributed by atoms with Crippen molar-refractivity contribution in [3.05, 3.63) is 11.6 Å². The quantitative estimate of drug-likeness (QED) is 0.749. The minimum atomic E-state index is 0.293. The van der Waals surface area contributed by atoms with Crippen LogP contribution in [-0.2, 0) is 18.4 Å². The number of hydrogen-bond donors (Lipinski definition) is 0. The van der Waals surface area contributed by atoms with E-state index in [1.165, 1.54) is 12.8 Å². The molecule has 0 spiro atoms. The molecule has 1 saturated heterocycles. The monoisotopic (exact) mass is 351 g/mol. The molecule has 1 saturated carbocycles. The summed E-state index contributed by atoms with van der Waals surface area (Å²) in [5, 5.41) is 8.76. The fraction of sp³-hybridized carbons (Fsp3) is 0.824. The van der Waals surface area contributed by atoms with Crippen molar-refractivity contribution in [3.63, 3.8) is 0 Å². The molecule has 0 radical (unpaired) electrons. The predicted molar refractivity (Wildman–Crippen MR) is 97.0 cm³/mol. The molecule has 7 heteroatoms. The predicted octanol–water partition coefficient (Wildman–Crippen LogP) is 1.73. The Morgan fingerprint density at radius 3 is 2.79 bits per heavy atom. The molecule has 1 atom stereocenters. The van der Waals surface area contributed by atoms with Crippen molar-refractivity contribution in [1.29, 1.82) is 0 Å². The molecule has 1 aromatic rings. The smallest absolute Gasteiger partial charge is 0.232 e. The maximum absolute atomic E-state index is 12.5. The van der Waals surface area contributed by atoms with Crippen molar-refractivity contribution in [2.45, 2.75) is 38.1 Å². The van der Waals surface area contributed by atoms with Crippen LogP contribution in [0.2, 0.25) is 0 Å². The summed E-state index contributed by atoms with van der Waals surface area (Å²) >= 11 is 1.81. The third-order valence-corrected chi connectivity index (χ3v) is 6.03. The second-order valence-corrected chi connectivity index (χ2v) is 8.44. The molecule has 6 nitrogen and oxygen atoms in total. The van der Waals surface area contributed by atoms with E-state index in [-0.39, 0.29) is 0 Å². The molecule has 0 bridgehead atoms. The first-order chi connectivity index (χ1) is 11.5. The first-order valence-electron chi connectivity index (χ1n) is 8.93. The zero-order valence-corrected chi connectivity index (χ0v) is 15.9. The van der Waals surface area contributed by atoms with E-state index in [0.717, 1.165) is 55.8 Å². The van der Waals surface area contributed by atoms with Gasteiger partial charge < -0.3 is 14.4 Å². The number of piperidine rings is 1. The highest BCUT2D eigenvalue weighted by molar-refractivity contribution is 7.99. The van der Waals surface area contributed by atoms with Crippen LogP contribution in [0.5, 0.6) is 0 Å². The lowest BCUT2D eigenvalue weighted by Gasteiger charge is -2.32. The molecule has 134 valence electrons. The minimum Gasteiger partial charge on any atom is -0.341 e. The van der Waals surface area contributed by atoms with Gasteiger partial charge in [0.15, 0.2) is 0 Å². The highest BCUT2D eigenvalue weighted by atomic mass is 32.2. The van der Waals surface area contributed by atoms with E-state index in [1.807, 2.05) is 26.0 Å². The number of carbonyl (C=O) groups excluding carboxylic acids is 1.